The molecule has 0 amide bonds. The normalized spacial score (nSPS) is 10.9. The minimum Gasteiger partial charge on any atom is -0.240 e. The number of fused-ring (bicyclic) bond motifs is 1. The molecule has 2 rings (SSSR count). The summed E-state index contributed by atoms with van der Waals surface area (Å²) in [7, 11) is 0. The zero-order chi connectivity index (χ0) is 8.72. The second kappa shape index (κ2) is 2.85. The average Bonchev–Trinajstić information content (AvgIpc) is 2.41. The number of halogens is 2. The average molecular weight is 293 g/mol. The Labute approximate surface area is 87.9 Å². The number of aryl methyl sites for hydroxylation is 1. The molecule has 0 saturated carbocycles. The van der Waals surface area contributed by atoms with Crippen molar-refractivity contribution in [2.45, 2.75) is 6.92 Å². The summed E-state index contributed by atoms with van der Waals surface area (Å²) in [5, 5.41) is 4.75. The van der Waals surface area contributed by atoms with Crippen LogP contribution in [0.5, 0.6) is 0 Å². The summed E-state index contributed by atoms with van der Waals surface area (Å²) in [6, 6.07) is 1.91. The molecule has 2 heterocycles. The fourth-order valence-corrected chi connectivity index (χ4v) is 1.73. The molecule has 0 fully saturated rings. The van der Waals surface area contributed by atoms with Crippen molar-refractivity contribution in [1.82, 2.24) is 14.6 Å². The van der Waals surface area contributed by atoms with Crippen LogP contribution in [0.1, 0.15) is 5.69 Å². The predicted octanol–water partition coefficient (Wildman–Crippen LogP) is 2.30. The molecule has 0 spiro atoms. The lowest BCUT2D eigenvalue weighted by atomic mass is 10.4. The van der Waals surface area contributed by atoms with Crippen LogP contribution in [-0.2, 0) is 0 Å². The van der Waals surface area contributed by atoms with Gasteiger partial charge in [-0.05, 0) is 35.6 Å². The van der Waals surface area contributed by atoms with Crippen molar-refractivity contribution in [2.75, 3.05) is 0 Å². The van der Waals surface area contributed by atoms with Gasteiger partial charge < -0.3 is 0 Å². The highest BCUT2D eigenvalue weighted by Gasteiger charge is 2.05. The van der Waals surface area contributed by atoms with Crippen molar-refractivity contribution in [3.05, 3.63) is 26.8 Å². The Bertz CT molecular complexity index is 398. The van der Waals surface area contributed by atoms with E-state index in [9.17, 15) is 0 Å². The smallest absolute Gasteiger partial charge is 0.154 e. The summed E-state index contributed by atoms with van der Waals surface area (Å²) < 4.78 is 2.74. The summed E-state index contributed by atoms with van der Waals surface area (Å²) in [6.07, 6.45) is 1.70. The monoisotopic (exact) mass is 293 g/mol. The fraction of sp³-hybridized carbons (Fsp3) is 0.143. The summed E-state index contributed by atoms with van der Waals surface area (Å²) >= 11 is 8.03. The molecule has 2 aromatic rings. The van der Waals surface area contributed by atoms with Crippen LogP contribution in [0.3, 0.4) is 0 Å². The van der Waals surface area contributed by atoms with E-state index < -0.39 is 0 Å². The molecular weight excluding hydrogens is 288 g/mol. The minimum absolute atomic E-state index is 0.496. The largest absolute Gasteiger partial charge is 0.240 e. The SMILES string of the molecule is Cc1cc2c(Cl)ncc(I)n2n1. The van der Waals surface area contributed by atoms with E-state index in [1.54, 1.807) is 10.7 Å². The van der Waals surface area contributed by atoms with Crippen LogP contribution in [0.25, 0.3) is 5.52 Å². The van der Waals surface area contributed by atoms with Crippen molar-refractivity contribution in [3.8, 4) is 0 Å². The van der Waals surface area contributed by atoms with E-state index in [-0.39, 0.29) is 0 Å². The number of aromatic nitrogens is 3. The number of hydrogen-bond acceptors (Lipinski definition) is 2. The third-order valence-corrected chi connectivity index (χ3v) is 2.56. The van der Waals surface area contributed by atoms with Crippen LogP contribution in [-0.4, -0.2) is 14.6 Å². The molecule has 2 aromatic heterocycles. The first-order valence-corrected chi connectivity index (χ1v) is 4.80. The summed E-state index contributed by atoms with van der Waals surface area (Å²) in [5.41, 5.74) is 1.81. The van der Waals surface area contributed by atoms with E-state index >= 15 is 0 Å². The van der Waals surface area contributed by atoms with Crippen LogP contribution in [0.2, 0.25) is 5.15 Å². The van der Waals surface area contributed by atoms with Crippen molar-refractivity contribution < 1.29 is 0 Å². The van der Waals surface area contributed by atoms with E-state index in [4.69, 9.17) is 11.6 Å². The Hall–Kier alpha value is -0.360. The maximum absolute atomic E-state index is 5.87. The second-order valence-electron chi connectivity index (χ2n) is 2.45. The third-order valence-electron chi connectivity index (χ3n) is 1.53. The Morgan fingerprint density at radius 1 is 1.58 bits per heavy atom. The predicted molar refractivity (Wildman–Crippen MR) is 55.5 cm³/mol. The molecule has 0 unspecified atom stereocenters. The highest BCUT2D eigenvalue weighted by Crippen LogP contribution is 2.17. The zero-order valence-corrected chi connectivity index (χ0v) is 9.17. The van der Waals surface area contributed by atoms with Gasteiger partial charge >= 0.3 is 0 Å². The third kappa shape index (κ3) is 1.19. The quantitative estimate of drug-likeness (QED) is 0.698. The van der Waals surface area contributed by atoms with Crippen molar-refractivity contribution in [3.63, 3.8) is 0 Å². The van der Waals surface area contributed by atoms with Gasteiger partial charge in [-0.15, -0.1) is 0 Å². The molecule has 0 atom stereocenters. The van der Waals surface area contributed by atoms with Crippen molar-refractivity contribution in [2.24, 2.45) is 0 Å². The Kier molecular flexibility index (Phi) is 1.96. The Balaban J connectivity index is 2.93. The van der Waals surface area contributed by atoms with Gasteiger partial charge in [0, 0.05) is 0 Å². The molecule has 5 heteroatoms. The number of nitrogens with zero attached hydrogens (tertiary/aromatic N) is 3. The lowest BCUT2D eigenvalue weighted by molar-refractivity contribution is 0.896. The number of rotatable bonds is 0. The van der Waals surface area contributed by atoms with Gasteiger partial charge in [0.05, 0.1) is 11.9 Å². The van der Waals surface area contributed by atoms with Crippen LogP contribution in [0.4, 0.5) is 0 Å². The molecule has 0 aromatic carbocycles. The molecule has 0 N–H and O–H groups in total. The first kappa shape index (κ1) is 8.25. The minimum atomic E-state index is 0.496. The maximum atomic E-state index is 5.87. The van der Waals surface area contributed by atoms with E-state index in [1.807, 2.05) is 13.0 Å². The van der Waals surface area contributed by atoms with Gasteiger partial charge in [0.1, 0.15) is 9.22 Å². The van der Waals surface area contributed by atoms with E-state index in [0.717, 1.165) is 14.9 Å². The van der Waals surface area contributed by atoms with E-state index in [0.29, 0.717) is 5.15 Å². The second-order valence-corrected chi connectivity index (χ2v) is 3.92. The van der Waals surface area contributed by atoms with Gasteiger partial charge in [0.25, 0.3) is 0 Å². The molecular formula is C7H5ClIN3. The summed E-state index contributed by atoms with van der Waals surface area (Å²) in [6.45, 7) is 1.93. The first-order chi connectivity index (χ1) is 5.68. The van der Waals surface area contributed by atoms with Gasteiger partial charge in [-0.3, -0.25) is 0 Å². The summed E-state index contributed by atoms with van der Waals surface area (Å²) in [4.78, 5) is 4.02. The lowest BCUT2D eigenvalue weighted by Gasteiger charge is -1.96. The zero-order valence-electron chi connectivity index (χ0n) is 6.25. The van der Waals surface area contributed by atoms with Gasteiger partial charge in [-0.1, -0.05) is 11.6 Å². The number of hydrogen-bond donors (Lipinski definition) is 0. The molecule has 12 heavy (non-hydrogen) atoms. The van der Waals surface area contributed by atoms with Gasteiger partial charge in [0.2, 0.25) is 0 Å². The Morgan fingerprint density at radius 3 is 3.00 bits per heavy atom. The van der Waals surface area contributed by atoms with Crippen LogP contribution in [0, 0.1) is 10.6 Å². The van der Waals surface area contributed by atoms with E-state index in [1.165, 1.54) is 0 Å². The Morgan fingerprint density at radius 2 is 2.33 bits per heavy atom. The fourth-order valence-electron chi connectivity index (χ4n) is 1.04. The molecule has 3 nitrogen and oxygen atoms in total. The topological polar surface area (TPSA) is 30.2 Å². The summed E-state index contributed by atoms with van der Waals surface area (Å²) in [5.74, 6) is 0. The highest BCUT2D eigenvalue weighted by molar-refractivity contribution is 14.1. The van der Waals surface area contributed by atoms with Gasteiger partial charge in [-0.25, -0.2) is 9.50 Å². The molecule has 0 aliphatic heterocycles. The van der Waals surface area contributed by atoms with Crippen molar-refractivity contribution in [1.29, 1.82) is 0 Å². The molecule has 62 valence electrons. The van der Waals surface area contributed by atoms with Crippen LogP contribution < -0.4 is 0 Å². The molecule has 0 saturated heterocycles. The van der Waals surface area contributed by atoms with Crippen LogP contribution >= 0.6 is 34.2 Å². The van der Waals surface area contributed by atoms with Crippen LogP contribution in [0.15, 0.2) is 12.3 Å². The van der Waals surface area contributed by atoms with Gasteiger partial charge in [0.15, 0.2) is 5.15 Å². The molecule has 0 bridgehead atoms. The van der Waals surface area contributed by atoms with Gasteiger partial charge in [-0.2, -0.15) is 5.10 Å². The lowest BCUT2D eigenvalue weighted by Crippen LogP contribution is -1.94. The molecule has 0 aliphatic rings. The first-order valence-electron chi connectivity index (χ1n) is 3.35. The van der Waals surface area contributed by atoms with Crippen molar-refractivity contribution >= 4 is 39.7 Å². The molecule has 0 radical (unpaired) electrons. The highest BCUT2D eigenvalue weighted by atomic mass is 127. The van der Waals surface area contributed by atoms with E-state index in [2.05, 4.69) is 32.7 Å². The maximum Gasteiger partial charge on any atom is 0.154 e. The molecule has 0 aliphatic carbocycles. The standard InChI is InChI=1S/C7H5ClIN3/c1-4-2-5-7(8)10-3-6(9)12(5)11-4/h2-3H,1H3.